The Balaban J connectivity index is 1.59. The fraction of sp³-hybridized carbons (Fsp3) is 0.133. The van der Waals surface area contributed by atoms with Crippen LogP contribution in [0.2, 0.25) is 5.02 Å². The van der Waals surface area contributed by atoms with Crippen molar-refractivity contribution in [1.82, 2.24) is 0 Å². The summed E-state index contributed by atoms with van der Waals surface area (Å²) in [5.41, 5.74) is 0.779. The number of hydrogen-bond acceptors (Lipinski definition) is 6. The van der Waals surface area contributed by atoms with Gasteiger partial charge in [-0.15, -0.1) is 0 Å². The molecule has 1 amide bonds. The van der Waals surface area contributed by atoms with Gasteiger partial charge in [-0.05, 0) is 23.8 Å². The predicted molar refractivity (Wildman–Crippen MR) is 84.5 cm³/mol. The molecule has 2 aromatic carbocycles. The normalized spacial score (nSPS) is 11.9. The third-order valence-electron chi connectivity index (χ3n) is 3.21. The zero-order chi connectivity index (χ0) is 17.1. The van der Waals surface area contributed by atoms with Gasteiger partial charge < -0.3 is 14.2 Å². The molecule has 1 N–H and O–H groups in total. The third-order valence-corrected chi connectivity index (χ3v) is 3.52. The summed E-state index contributed by atoms with van der Waals surface area (Å²) < 4.78 is 15.5. The van der Waals surface area contributed by atoms with Crippen molar-refractivity contribution in [2.24, 2.45) is 0 Å². The number of nitro benzene ring substituents is 1. The second kappa shape index (κ2) is 6.63. The van der Waals surface area contributed by atoms with Crippen molar-refractivity contribution in [1.29, 1.82) is 0 Å². The van der Waals surface area contributed by atoms with Crippen LogP contribution in [0.3, 0.4) is 0 Å². The van der Waals surface area contributed by atoms with Gasteiger partial charge in [0.05, 0.1) is 15.6 Å². The summed E-state index contributed by atoms with van der Waals surface area (Å²) in [4.78, 5) is 21.9. The van der Waals surface area contributed by atoms with Gasteiger partial charge in [0.25, 0.3) is 5.69 Å². The Morgan fingerprint density at radius 3 is 2.79 bits per heavy atom. The number of carbonyl (C=O) groups is 1. The maximum Gasteiger partial charge on any atom is 0.412 e. The van der Waals surface area contributed by atoms with Crippen molar-refractivity contribution in [3.8, 4) is 11.5 Å². The van der Waals surface area contributed by atoms with Crippen LogP contribution in [0.25, 0.3) is 0 Å². The first-order chi connectivity index (χ1) is 11.5. The molecule has 9 heteroatoms. The minimum Gasteiger partial charge on any atom is -0.454 e. The van der Waals surface area contributed by atoms with E-state index in [0.717, 1.165) is 11.6 Å². The molecule has 0 aliphatic carbocycles. The second-order valence-electron chi connectivity index (χ2n) is 4.81. The second-order valence-corrected chi connectivity index (χ2v) is 5.22. The molecule has 1 aliphatic rings. The summed E-state index contributed by atoms with van der Waals surface area (Å²) in [5, 5.41) is 13.1. The maximum atomic E-state index is 11.8. The van der Waals surface area contributed by atoms with E-state index in [2.05, 4.69) is 5.32 Å². The molecular weight excluding hydrogens is 340 g/mol. The van der Waals surface area contributed by atoms with E-state index in [1.165, 1.54) is 12.1 Å². The van der Waals surface area contributed by atoms with E-state index in [1.54, 1.807) is 18.2 Å². The van der Waals surface area contributed by atoms with Crippen LogP contribution < -0.4 is 14.8 Å². The maximum absolute atomic E-state index is 11.8. The Hall–Kier alpha value is -3.00. The third kappa shape index (κ3) is 3.49. The van der Waals surface area contributed by atoms with Gasteiger partial charge >= 0.3 is 6.09 Å². The zero-order valence-corrected chi connectivity index (χ0v) is 12.9. The van der Waals surface area contributed by atoms with Crippen molar-refractivity contribution in [2.75, 3.05) is 12.1 Å². The Labute approximate surface area is 141 Å². The van der Waals surface area contributed by atoms with Crippen LogP contribution in [-0.2, 0) is 11.3 Å². The highest BCUT2D eigenvalue weighted by Gasteiger charge is 2.15. The van der Waals surface area contributed by atoms with Crippen LogP contribution in [-0.4, -0.2) is 17.8 Å². The largest absolute Gasteiger partial charge is 0.454 e. The summed E-state index contributed by atoms with van der Waals surface area (Å²) in [6, 6.07) is 8.91. The van der Waals surface area contributed by atoms with E-state index >= 15 is 0 Å². The molecular formula is C15H11ClN2O6. The first-order valence-corrected chi connectivity index (χ1v) is 7.17. The number of nitrogens with one attached hydrogen (secondary N) is 1. The fourth-order valence-corrected chi connectivity index (χ4v) is 2.27. The van der Waals surface area contributed by atoms with E-state index in [0.29, 0.717) is 11.5 Å². The Kier molecular flexibility index (Phi) is 4.39. The number of anilines is 1. The Bertz CT molecular complexity index is 811. The molecule has 24 heavy (non-hydrogen) atoms. The van der Waals surface area contributed by atoms with Gasteiger partial charge in [0.2, 0.25) is 6.79 Å². The molecule has 3 rings (SSSR count). The number of amides is 1. The van der Waals surface area contributed by atoms with Crippen molar-refractivity contribution >= 4 is 29.1 Å². The molecule has 0 aromatic heterocycles. The van der Waals surface area contributed by atoms with E-state index in [-0.39, 0.29) is 29.8 Å². The first kappa shape index (κ1) is 15.9. The number of benzene rings is 2. The smallest absolute Gasteiger partial charge is 0.412 e. The number of hydrogen-bond donors (Lipinski definition) is 1. The van der Waals surface area contributed by atoms with E-state index in [4.69, 9.17) is 25.8 Å². The number of halogens is 1. The van der Waals surface area contributed by atoms with Crippen LogP contribution in [0, 0.1) is 10.1 Å². The number of non-ortho nitro benzene ring substituents is 1. The Morgan fingerprint density at radius 1 is 1.25 bits per heavy atom. The van der Waals surface area contributed by atoms with Crippen molar-refractivity contribution in [3.05, 3.63) is 57.1 Å². The zero-order valence-electron chi connectivity index (χ0n) is 12.2. The number of rotatable bonds is 4. The summed E-state index contributed by atoms with van der Waals surface area (Å²) in [6.45, 7) is 0.186. The van der Waals surface area contributed by atoms with Gasteiger partial charge in [-0.3, -0.25) is 15.4 Å². The van der Waals surface area contributed by atoms with Crippen LogP contribution in [0.5, 0.6) is 11.5 Å². The lowest BCUT2D eigenvalue weighted by Gasteiger charge is -2.08. The highest BCUT2D eigenvalue weighted by Crippen LogP contribution is 2.32. The highest BCUT2D eigenvalue weighted by atomic mass is 35.5. The lowest BCUT2D eigenvalue weighted by Crippen LogP contribution is -2.13. The van der Waals surface area contributed by atoms with Gasteiger partial charge in [-0.2, -0.15) is 0 Å². The van der Waals surface area contributed by atoms with Crippen molar-refractivity contribution in [2.45, 2.75) is 6.61 Å². The molecule has 0 atom stereocenters. The van der Waals surface area contributed by atoms with Gasteiger partial charge in [-0.25, -0.2) is 4.79 Å². The molecule has 0 radical (unpaired) electrons. The molecule has 8 nitrogen and oxygen atoms in total. The monoisotopic (exact) mass is 350 g/mol. The molecule has 0 unspecified atom stereocenters. The van der Waals surface area contributed by atoms with Gasteiger partial charge in [0.1, 0.15) is 6.61 Å². The molecule has 1 heterocycles. The lowest BCUT2D eigenvalue weighted by molar-refractivity contribution is -0.384. The minimum absolute atomic E-state index is 0.0209. The number of nitro groups is 1. The standard InChI is InChI=1S/C15H11ClN2O6/c16-11-6-10(18(20)21)2-3-12(11)17-15(19)22-7-9-1-4-13-14(5-9)24-8-23-13/h1-6H,7-8H2,(H,17,19). The first-order valence-electron chi connectivity index (χ1n) is 6.79. The SMILES string of the molecule is O=C(Nc1ccc([N+](=O)[O-])cc1Cl)OCc1ccc2c(c1)OCO2. The Morgan fingerprint density at radius 2 is 2.04 bits per heavy atom. The molecule has 0 bridgehead atoms. The molecule has 0 saturated heterocycles. The predicted octanol–water partition coefficient (Wildman–Crippen LogP) is 3.73. The number of nitrogens with zero attached hydrogens (tertiary/aromatic N) is 1. The molecule has 1 aliphatic heterocycles. The summed E-state index contributed by atoms with van der Waals surface area (Å²) in [5.74, 6) is 1.23. The molecule has 0 fully saturated rings. The average molecular weight is 351 g/mol. The molecule has 124 valence electrons. The molecule has 0 spiro atoms. The van der Waals surface area contributed by atoms with Crippen LogP contribution >= 0.6 is 11.6 Å². The van der Waals surface area contributed by atoms with Gasteiger partial charge in [0, 0.05) is 12.1 Å². The van der Waals surface area contributed by atoms with Crippen LogP contribution in [0.15, 0.2) is 36.4 Å². The molecule has 0 saturated carbocycles. The fourth-order valence-electron chi connectivity index (χ4n) is 2.04. The van der Waals surface area contributed by atoms with E-state index in [1.807, 2.05) is 0 Å². The number of carbonyl (C=O) groups excluding carboxylic acids is 1. The van der Waals surface area contributed by atoms with Gasteiger partial charge in [-0.1, -0.05) is 17.7 Å². The van der Waals surface area contributed by atoms with Gasteiger partial charge in [0.15, 0.2) is 11.5 Å². The van der Waals surface area contributed by atoms with Crippen LogP contribution in [0.1, 0.15) is 5.56 Å². The summed E-state index contributed by atoms with van der Waals surface area (Å²) in [7, 11) is 0. The average Bonchev–Trinajstić information content (AvgIpc) is 3.02. The summed E-state index contributed by atoms with van der Waals surface area (Å²) in [6.07, 6.45) is -0.733. The quantitative estimate of drug-likeness (QED) is 0.666. The highest BCUT2D eigenvalue weighted by molar-refractivity contribution is 6.33. The minimum atomic E-state index is -0.733. The van der Waals surface area contributed by atoms with Crippen molar-refractivity contribution in [3.63, 3.8) is 0 Å². The number of fused-ring (bicyclic) bond motifs is 1. The lowest BCUT2D eigenvalue weighted by atomic mass is 10.2. The van der Waals surface area contributed by atoms with Crippen molar-refractivity contribution < 1.29 is 23.9 Å². The number of ether oxygens (including phenoxy) is 3. The van der Waals surface area contributed by atoms with E-state index < -0.39 is 11.0 Å². The molecule has 2 aromatic rings. The summed E-state index contributed by atoms with van der Waals surface area (Å²) >= 11 is 5.89. The van der Waals surface area contributed by atoms with Crippen LogP contribution in [0.4, 0.5) is 16.2 Å². The topological polar surface area (TPSA) is 99.9 Å². The van der Waals surface area contributed by atoms with E-state index in [9.17, 15) is 14.9 Å².